The van der Waals surface area contributed by atoms with Crippen molar-refractivity contribution in [3.63, 3.8) is 0 Å². The molecule has 2 aromatic carbocycles. The fourth-order valence-electron chi connectivity index (χ4n) is 2.35. The monoisotopic (exact) mass is 323 g/mol. The van der Waals surface area contributed by atoms with Crippen molar-refractivity contribution in [1.29, 1.82) is 0 Å². The molecule has 1 N–H and O–H groups in total. The van der Waals surface area contributed by atoms with Crippen LogP contribution in [0.2, 0.25) is 0 Å². The van der Waals surface area contributed by atoms with E-state index < -0.39 is 0 Å². The number of benzene rings is 2. The van der Waals surface area contributed by atoms with Crippen molar-refractivity contribution in [2.75, 3.05) is 12.4 Å². The molecule has 0 unspecified atom stereocenters. The number of carbonyl (C=O) groups is 1. The Hall–Kier alpha value is -3.15. The number of rotatable bonds is 5. The largest absolute Gasteiger partial charge is 0.497 e. The minimum absolute atomic E-state index is 0.103. The van der Waals surface area contributed by atoms with Gasteiger partial charge >= 0.3 is 0 Å². The van der Waals surface area contributed by atoms with Crippen LogP contribution in [0.3, 0.4) is 0 Å². The van der Waals surface area contributed by atoms with Crippen LogP contribution >= 0.6 is 0 Å². The summed E-state index contributed by atoms with van der Waals surface area (Å²) in [6.07, 6.45) is 1.54. The average molecular weight is 323 g/mol. The summed E-state index contributed by atoms with van der Waals surface area (Å²) in [7, 11) is 1.60. The molecule has 0 aliphatic rings. The van der Waals surface area contributed by atoms with Gasteiger partial charge in [-0.15, -0.1) is 10.2 Å². The summed E-state index contributed by atoms with van der Waals surface area (Å²) in [5.74, 6) is 1.04. The Bertz CT molecular complexity index is 844. The minimum atomic E-state index is -0.103. The average Bonchev–Trinajstić information content (AvgIpc) is 3.11. The zero-order chi connectivity index (χ0) is 16.9. The van der Waals surface area contributed by atoms with Crippen LogP contribution in [0.15, 0.2) is 53.3 Å². The van der Waals surface area contributed by atoms with Crippen LogP contribution < -0.4 is 10.1 Å². The highest BCUT2D eigenvalue weighted by Crippen LogP contribution is 2.24. The molecule has 0 fully saturated rings. The first kappa shape index (κ1) is 15.7. The number of nitrogens with one attached hydrogen (secondary N) is 1. The van der Waals surface area contributed by atoms with E-state index in [1.165, 1.54) is 6.39 Å². The third kappa shape index (κ3) is 3.60. The lowest BCUT2D eigenvalue weighted by Crippen LogP contribution is -2.15. The van der Waals surface area contributed by atoms with E-state index in [0.717, 1.165) is 28.1 Å². The molecule has 122 valence electrons. The fourth-order valence-corrected chi connectivity index (χ4v) is 2.35. The lowest BCUT2D eigenvalue weighted by Gasteiger charge is -2.10. The number of methoxy groups -OCH3 is 1. The lowest BCUT2D eigenvalue weighted by atomic mass is 10.1. The van der Waals surface area contributed by atoms with E-state index >= 15 is 0 Å². The van der Waals surface area contributed by atoms with Gasteiger partial charge in [0.2, 0.25) is 18.2 Å². The van der Waals surface area contributed by atoms with Crippen LogP contribution in [-0.2, 0) is 11.2 Å². The predicted octanol–water partition coefficient (Wildman–Crippen LogP) is 3.23. The minimum Gasteiger partial charge on any atom is -0.497 e. The van der Waals surface area contributed by atoms with Crippen molar-refractivity contribution in [3.8, 4) is 17.2 Å². The van der Waals surface area contributed by atoms with Crippen LogP contribution in [0.1, 0.15) is 11.1 Å². The summed E-state index contributed by atoms with van der Waals surface area (Å²) >= 11 is 0. The quantitative estimate of drug-likeness (QED) is 0.780. The molecule has 0 spiro atoms. The number of carbonyl (C=O) groups excluding carboxylic acids is 1. The Morgan fingerprint density at radius 1 is 1.25 bits per heavy atom. The fraction of sp³-hybridized carbons (Fsp3) is 0.167. The second kappa shape index (κ2) is 6.95. The van der Waals surface area contributed by atoms with Gasteiger partial charge in [0.05, 0.1) is 13.5 Å². The molecule has 1 amide bonds. The smallest absolute Gasteiger partial charge is 0.247 e. The molecular formula is C18H17N3O3. The van der Waals surface area contributed by atoms with Crippen LogP contribution in [0.5, 0.6) is 5.75 Å². The zero-order valence-corrected chi connectivity index (χ0v) is 13.4. The van der Waals surface area contributed by atoms with E-state index in [0.29, 0.717) is 5.89 Å². The van der Waals surface area contributed by atoms with Gasteiger partial charge < -0.3 is 14.5 Å². The first-order valence-corrected chi connectivity index (χ1v) is 7.45. The van der Waals surface area contributed by atoms with Crippen molar-refractivity contribution < 1.29 is 13.9 Å². The standard InChI is InChI=1S/C18H17N3O3/c1-12-6-7-14(18-21-19-11-24-18)10-16(12)20-17(22)9-13-4-3-5-15(8-13)23-2/h3-8,10-11H,9H2,1-2H3,(H,20,22). The maximum atomic E-state index is 12.3. The lowest BCUT2D eigenvalue weighted by molar-refractivity contribution is -0.115. The molecule has 0 saturated carbocycles. The number of hydrogen-bond acceptors (Lipinski definition) is 5. The SMILES string of the molecule is COc1cccc(CC(=O)Nc2cc(-c3nnco3)ccc2C)c1. The van der Waals surface area contributed by atoms with Crippen molar-refractivity contribution >= 4 is 11.6 Å². The Morgan fingerprint density at radius 2 is 2.12 bits per heavy atom. The van der Waals surface area contributed by atoms with Crippen molar-refractivity contribution in [1.82, 2.24) is 10.2 Å². The molecule has 0 bridgehead atoms. The third-order valence-electron chi connectivity index (χ3n) is 3.62. The molecule has 6 heteroatoms. The Kier molecular flexibility index (Phi) is 4.56. The Balaban J connectivity index is 1.75. The normalized spacial score (nSPS) is 10.4. The van der Waals surface area contributed by atoms with Gasteiger partial charge in [0, 0.05) is 11.3 Å². The molecule has 0 aliphatic carbocycles. The van der Waals surface area contributed by atoms with E-state index in [1.54, 1.807) is 7.11 Å². The van der Waals surface area contributed by atoms with Gasteiger partial charge in [-0.3, -0.25) is 4.79 Å². The molecule has 6 nitrogen and oxygen atoms in total. The van der Waals surface area contributed by atoms with Gasteiger partial charge in [-0.2, -0.15) is 0 Å². The van der Waals surface area contributed by atoms with Crippen molar-refractivity contribution in [3.05, 3.63) is 60.0 Å². The zero-order valence-electron chi connectivity index (χ0n) is 13.4. The number of amides is 1. The molecule has 3 rings (SSSR count). The topological polar surface area (TPSA) is 77.2 Å². The highest BCUT2D eigenvalue weighted by atomic mass is 16.5. The molecule has 3 aromatic rings. The second-order valence-corrected chi connectivity index (χ2v) is 5.35. The van der Waals surface area contributed by atoms with E-state index in [-0.39, 0.29) is 12.3 Å². The molecular weight excluding hydrogens is 306 g/mol. The molecule has 1 aromatic heterocycles. The Labute approximate surface area is 139 Å². The van der Waals surface area contributed by atoms with Crippen LogP contribution in [0, 0.1) is 6.92 Å². The summed E-state index contributed by atoms with van der Waals surface area (Å²) in [6, 6.07) is 13.1. The first-order chi connectivity index (χ1) is 11.7. The van der Waals surface area contributed by atoms with Crippen LogP contribution in [-0.4, -0.2) is 23.2 Å². The maximum absolute atomic E-state index is 12.3. The summed E-state index contributed by atoms with van der Waals surface area (Å²) in [5.41, 5.74) is 3.32. The number of nitrogens with zero attached hydrogens (tertiary/aromatic N) is 2. The molecule has 1 heterocycles. The molecule has 0 atom stereocenters. The number of hydrogen-bond donors (Lipinski definition) is 1. The third-order valence-corrected chi connectivity index (χ3v) is 3.62. The molecule has 0 aliphatic heterocycles. The van der Waals surface area contributed by atoms with E-state index in [2.05, 4.69) is 15.5 Å². The number of anilines is 1. The van der Waals surface area contributed by atoms with Gasteiger partial charge in [-0.25, -0.2) is 0 Å². The van der Waals surface area contributed by atoms with E-state index in [1.807, 2.05) is 49.4 Å². The maximum Gasteiger partial charge on any atom is 0.247 e. The van der Waals surface area contributed by atoms with E-state index in [9.17, 15) is 4.79 Å². The van der Waals surface area contributed by atoms with Gasteiger partial charge in [0.15, 0.2) is 0 Å². The van der Waals surface area contributed by atoms with Gasteiger partial charge in [0.25, 0.3) is 0 Å². The number of aryl methyl sites for hydroxylation is 1. The molecule has 24 heavy (non-hydrogen) atoms. The second-order valence-electron chi connectivity index (χ2n) is 5.35. The van der Waals surface area contributed by atoms with Gasteiger partial charge in [-0.1, -0.05) is 18.2 Å². The number of aromatic nitrogens is 2. The summed E-state index contributed by atoms with van der Waals surface area (Å²) < 4.78 is 10.4. The molecule has 0 radical (unpaired) electrons. The van der Waals surface area contributed by atoms with E-state index in [4.69, 9.17) is 9.15 Å². The van der Waals surface area contributed by atoms with Crippen molar-refractivity contribution in [2.45, 2.75) is 13.3 Å². The highest BCUT2D eigenvalue weighted by molar-refractivity contribution is 5.93. The summed E-state index contributed by atoms with van der Waals surface area (Å²) in [5, 5.41) is 10.5. The van der Waals surface area contributed by atoms with Crippen LogP contribution in [0.4, 0.5) is 5.69 Å². The van der Waals surface area contributed by atoms with Crippen LogP contribution in [0.25, 0.3) is 11.5 Å². The Morgan fingerprint density at radius 3 is 2.88 bits per heavy atom. The molecule has 0 saturated heterocycles. The summed E-state index contributed by atoms with van der Waals surface area (Å²) in [4.78, 5) is 12.3. The summed E-state index contributed by atoms with van der Waals surface area (Å²) in [6.45, 7) is 1.93. The predicted molar refractivity (Wildman–Crippen MR) is 89.8 cm³/mol. The highest BCUT2D eigenvalue weighted by Gasteiger charge is 2.10. The first-order valence-electron chi connectivity index (χ1n) is 7.45. The number of ether oxygens (including phenoxy) is 1. The van der Waals surface area contributed by atoms with Gasteiger partial charge in [0.1, 0.15) is 5.75 Å². The van der Waals surface area contributed by atoms with Crippen molar-refractivity contribution in [2.24, 2.45) is 0 Å². The van der Waals surface area contributed by atoms with Gasteiger partial charge in [-0.05, 0) is 42.3 Å².